The molecule has 0 aromatic carbocycles. The van der Waals surface area contributed by atoms with Gasteiger partial charge < -0.3 is 10.2 Å². The summed E-state index contributed by atoms with van der Waals surface area (Å²) in [6, 6.07) is 6.33. The molecule has 2 aromatic heterocycles. The fraction of sp³-hybridized carbons (Fsp3) is 0.500. The monoisotopic (exact) mass is 383 g/mol. The third kappa shape index (κ3) is 4.77. The zero-order chi connectivity index (χ0) is 18.5. The molecule has 1 aliphatic heterocycles. The minimum absolute atomic E-state index is 0.101. The molecule has 0 atom stereocenters. The first-order chi connectivity index (χ1) is 13.3. The Morgan fingerprint density at radius 2 is 1.93 bits per heavy atom. The van der Waals surface area contributed by atoms with Crippen LogP contribution in [0.1, 0.15) is 36.9 Å². The summed E-state index contributed by atoms with van der Waals surface area (Å²) in [5, 5.41) is 12.1. The number of rotatable bonds is 5. The molecule has 1 aliphatic carbocycles. The van der Waals surface area contributed by atoms with Crippen LogP contribution in [0.25, 0.3) is 0 Å². The van der Waals surface area contributed by atoms with Gasteiger partial charge in [-0.3, -0.25) is 9.78 Å². The van der Waals surface area contributed by atoms with Crippen LogP contribution in [0, 0.1) is 0 Å². The summed E-state index contributed by atoms with van der Waals surface area (Å²) in [6.45, 7) is 1.83. The van der Waals surface area contributed by atoms with Gasteiger partial charge in [0.25, 0.3) is 0 Å². The van der Waals surface area contributed by atoms with E-state index in [1.54, 1.807) is 24.2 Å². The van der Waals surface area contributed by atoms with Crippen molar-refractivity contribution in [3.05, 3.63) is 41.9 Å². The summed E-state index contributed by atoms with van der Waals surface area (Å²) in [5.41, 5.74) is 2.55. The predicted molar refractivity (Wildman–Crippen MR) is 107 cm³/mol. The first kappa shape index (κ1) is 18.2. The van der Waals surface area contributed by atoms with Crippen molar-refractivity contribution in [2.75, 3.05) is 23.7 Å². The molecule has 3 heterocycles. The van der Waals surface area contributed by atoms with Crippen LogP contribution in [0.2, 0.25) is 0 Å². The van der Waals surface area contributed by atoms with Gasteiger partial charge in [0.15, 0.2) is 5.82 Å². The lowest BCUT2D eigenvalue weighted by atomic mass is 9.96. The molecule has 0 saturated carbocycles. The second-order valence-electron chi connectivity index (χ2n) is 7.18. The van der Waals surface area contributed by atoms with Crippen molar-refractivity contribution in [2.45, 2.75) is 49.5 Å². The number of carbonyl (C=O) groups excluding carboxylic acids is 1. The van der Waals surface area contributed by atoms with Gasteiger partial charge in [0, 0.05) is 36.4 Å². The van der Waals surface area contributed by atoms with Gasteiger partial charge in [-0.15, -0.1) is 16.9 Å². The van der Waals surface area contributed by atoms with E-state index in [9.17, 15) is 4.79 Å². The van der Waals surface area contributed by atoms with E-state index in [4.69, 9.17) is 0 Å². The number of fused-ring (bicyclic) bond motifs is 1. The molecule has 4 rings (SSSR count). The van der Waals surface area contributed by atoms with E-state index in [-0.39, 0.29) is 11.9 Å². The molecule has 142 valence electrons. The van der Waals surface area contributed by atoms with Gasteiger partial charge in [0.1, 0.15) is 0 Å². The Balaban J connectivity index is 1.24. The van der Waals surface area contributed by atoms with Gasteiger partial charge in [0.2, 0.25) is 5.91 Å². The Labute approximate surface area is 164 Å². The Morgan fingerprint density at radius 1 is 1.15 bits per heavy atom. The first-order valence-corrected chi connectivity index (χ1v) is 10.7. The number of nitrogens with one attached hydrogen (secondary N) is 1. The topological polar surface area (TPSA) is 71.0 Å². The van der Waals surface area contributed by atoms with Gasteiger partial charge >= 0.3 is 0 Å². The lowest BCUT2D eigenvalue weighted by Gasteiger charge is -2.33. The van der Waals surface area contributed by atoms with Crippen LogP contribution in [0.5, 0.6) is 0 Å². The average Bonchev–Trinajstić information content (AvgIpc) is 2.73. The minimum atomic E-state index is 0.101. The molecule has 0 unspecified atom stereocenters. The zero-order valence-corrected chi connectivity index (χ0v) is 16.2. The van der Waals surface area contributed by atoms with E-state index in [0.717, 1.165) is 49.5 Å². The van der Waals surface area contributed by atoms with Gasteiger partial charge in [-0.05, 0) is 62.3 Å². The number of carbonyl (C=O) groups is 1. The van der Waals surface area contributed by atoms with E-state index in [1.165, 1.54) is 24.1 Å². The SMILES string of the molecule is O=C(CSc1ccncc1)NC1CCN(c2cc3c(nn2)CCCC3)CC1. The van der Waals surface area contributed by atoms with Crippen LogP contribution < -0.4 is 10.2 Å². The molecule has 27 heavy (non-hydrogen) atoms. The largest absolute Gasteiger partial charge is 0.355 e. The molecule has 1 fully saturated rings. The summed E-state index contributed by atoms with van der Waals surface area (Å²) in [7, 11) is 0. The highest BCUT2D eigenvalue weighted by atomic mass is 32.2. The average molecular weight is 384 g/mol. The molecule has 1 amide bonds. The van der Waals surface area contributed by atoms with Crippen molar-refractivity contribution in [2.24, 2.45) is 0 Å². The van der Waals surface area contributed by atoms with Gasteiger partial charge in [-0.25, -0.2) is 0 Å². The van der Waals surface area contributed by atoms with Crippen molar-refractivity contribution < 1.29 is 4.79 Å². The summed E-state index contributed by atoms with van der Waals surface area (Å²) in [4.78, 5) is 19.6. The van der Waals surface area contributed by atoms with Crippen LogP contribution in [0.4, 0.5) is 5.82 Å². The highest BCUT2D eigenvalue weighted by molar-refractivity contribution is 8.00. The van der Waals surface area contributed by atoms with E-state index >= 15 is 0 Å². The predicted octanol–water partition coefficient (Wildman–Crippen LogP) is 2.63. The molecule has 1 N–H and O–H groups in total. The Morgan fingerprint density at radius 3 is 2.74 bits per heavy atom. The van der Waals surface area contributed by atoms with Crippen LogP contribution in [-0.2, 0) is 17.6 Å². The summed E-state index contributed by atoms with van der Waals surface area (Å²) < 4.78 is 0. The van der Waals surface area contributed by atoms with Crippen LogP contribution >= 0.6 is 11.8 Å². The third-order valence-corrected chi connectivity index (χ3v) is 6.27. The smallest absolute Gasteiger partial charge is 0.230 e. The van der Waals surface area contributed by atoms with Crippen LogP contribution in [-0.4, -0.2) is 46.0 Å². The molecule has 6 nitrogen and oxygen atoms in total. The fourth-order valence-corrected chi connectivity index (χ4v) is 4.43. The first-order valence-electron chi connectivity index (χ1n) is 9.70. The molecule has 2 aliphatic rings. The molecule has 1 saturated heterocycles. The van der Waals surface area contributed by atoms with Crippen molar-refractivity contribution in [3.63, 3.8) is 0 Å². The maximum atomic E-state index is 12.2. The van der Waals surface area contributed by atoms with Crippen molar-refractivity contribution in [1.82, 2.24) is 20.5 Å². The number of anilines is 1. The number of pyridine rings is 1. The summed E-state index contributed by atoms with van der Waals surface area (Å²) >= 11 is 1.55. The van der Waals surface area contributed by atoms with Crippen molar-refractivity contribution >= 4 is 23.5 Å². The second-order valence-corrected chi connectivity index (χ2v) is 8.23. The second kappa shape index (κ2) is 8.69. The normalized spacial score (nSPS) is 17.4. The van der Waals surface area contributed by atoms with Gasteiger partial charge in [-0.1, -0.05) is 0 Å². The molecule has 0 radical (unpaired) electrons. The number of thioether (sulfide) groups is 1. The lowest BCUT2D eigenvalue weighted by Crippen LogP contribution is -2.45. The number of nitrogens with zero attached hydrogens (tertiary/aromatic N) is 4. The van der Waals surface area contributed by atoms with Crippen molar-refractivity contribution in [1.29, 1.82) is 0 Å². The standard InChI is InChI=1S/C20H25N5OS/c26-20(14-27-17-5-9-21-10-6-17)22-16-7-11-25(12-8-16)19-13-15-3-1-2-4-18(15)23-24-19/h5-6,9-10,13,16H,1-4,7-8,11-12,14H2,(H,22,26). The number of aryl methyl sites for hydroxylation is 2. The van der Waals surface area contributed by atoms with Gasteiger partial charge in [0.05, 0.1) is 11.4 Å². The number of hydrogen-bond donors (Lipinski definition) is 1. The Hall–Kier alpha value is -2.15. The minimum Gasteiger partial charge on any atom is -0.355 e. The van der Waals surface area contributed by atoms with E-state index in [1.807, 2.05) is 12.1 Å². The van der Waals surface area contributed by atoms with E-state index in [2.05, 4.69) is 31.5 Å². The number of piperidine rings is 1. The van der Waals surface area contributed by atoms with Crippen LogP contribution in [0.15, 0.2) is 35.5 Å². The van der Waals surface area contributed by atoms with Crippen molar-refractivity contribution in [3.8, 4) is 0 Å². The summed E-state index contributed by atoms with van der Waals surface area (Å²) in [5.74, 6) is 1.54. The third-order valence-electron chi connectivity index (χ3n) is 5.26. The van der Waals surface area contributed by atoms with E-state index < -0.39 is 0 Å². The van der Waals surface area contributed by atoms with Crippen LogP contribution in [0.3, 0.4) is 0 Å². The van der Waals surface area contributed by atoms with E-state index in [0.29, 0.717) is 5.75 Å². The highest BCUT2D eigenvalue weighted by Crippen LogP contribution is 2.24. The number of aromatic nitrogens is 3. The Bertz CT molecular complexity index is 777. The number of amides is 1. The molecule has 7 heteroatoms. The molecule has 0 bridgehead atoms. The molecular formula is C20H25N5OS. The maximum absolute atomic E-state index is 12.2. The number of hydrogen-bond acceptors (Lipinski definition) is 6. The molecular weight excluding hydrogens is 358 g/mol. The molecule has 2 aromatic rings. The summed E-state index contributed by atoms with van der Waals surface area (Å²) in [6.07, 6.45) is 10.1. The maximum Gasteiger partial charge on any atom is 0.230 e. The zero-order valence-electron chi connectivity index (χ0n) is 15.4. The molecule has 0 spiro atoms. The Kier molecular flexibility index (Phi) is 5.87. The quantitative estimate of drug-likeness (QED) is 0.801. The van der Waals surface area contributed by atoms with Gasteiger partial charge in [-0.2, -0.15) is 5.10 Å². The highest BCUT2D eigenvalue weighted by Gasteiger charge is 2.23. The lowest BCUT2D eigenvalue weighted by molar-refractivity contribution is -0.119. The fourth-order valence-electron chi connectivity index (χ4n) is 3.74.